The molecule has 4 atom stereocenters. The van der Waals surface area contributed by atoms with Crippen LogP contribution < -0.4 is 16.1 Å². The number of nitrogens with zero attached hydrogens (tertiary/aromatic N) is 2. The van der Waals surface area contributed by atoms with Crippen LogP contribution in [0.25, 0.3) is 17.0 Å². The zero-order valence-corrected chi connectivity index (χ0v) is 25.5. The Hall–Kier alpha value is -3.99. The number of hydrazine groups is 1. The normalized spacial score (nSPS) is 17.6. The molecule has 1 saturated heterocycles. The molecule has 1 aromatic carbocycles. The smallest absolute Gasteiger partial charge is 0.408 e. The molecule has 1 aliphatic heterocycles. The van der Waals surface area contributed by atoms with Crippen molar-refractivity contribution in [2.75, 3.05) is 6.54 Å². The van der Waals surface area contributed by atoms with Crippen LogP contribution in [0, 0.1) is 5.92 Å². The van der Waals surface area contributed by atoms with Gasteiger partial charge in [-0.15, -0.1) is 0 Å². The van der Waals surface area contributed by atoms with E-state index in [1.807, 2.05) is 30.3 Å². The van der Waals surface area contributed by atoms with E-state index >= 15 is 0 Å². The van der Waals surface area contributed by atoms with Gasteiger partial charge in [-0.25, -0.2) is 15.2 Å². The molecule has 11 heteroatoms. The summed E-state index contributed by atoms with van der Waals surface area (Å²) in [5, 5.41) is 7.56. The van der Waals surface area contributed by atoms with Gasteiger partial charge in [0.15, 0.2) is 0 Å². The van der Waals surface area contributed by atoms with Crippen LogP contribution in [0.3, 0.4) is 0 Å². The van der Waals surface area contributed by atoms with Gasteiger partial charge in [0.1, 0.15) is 29.8 Å². The summed E-state index contributed by atoms with van der Waals surface area (Å²) in [6.07, 6.45) is 1.48. The number of nitrogens with one attached hydrogen (secondary N) is 3. The minimum atomic E-state index is -0.914. The second-order valence-electron chi connectivity index (χ2n) is 11.9. The molecule has 1 aliphatic rings. The first-order valence-corrected chi connectivity index (χ1v) is 14.3. The van der Waals surface area contributed by atoms with Gasteiger partial charge in [0.25, 0.3) is 5.91 Å². The predicted molar refractivity (Wildman–Crippen MR) is 160 cm³/mol. The lowest BCUT2D eigenvalue weighted by Gasteiger charge is -2.35. The Morgan fingerprint density at radius 1 is 1.10 bits per heavy atom. The summed E-state index contributed by atoms with van der Waals surface area (Å²) in [6.45, 7) is 16.2. The highest BCUT2D eigenvalue weighted by molar-refractivity contribution is 5.91. The van der Waals surface area contributed by atoms with Crippen molar-refractivity contribution in [3.8, 4) is 0 Å². The lowest BCUT2D eigenvalue weighted by atomic mass is 10.0. The molecule has 2 aromatic rings. The average Bonchev–Trinajstić information content (AvgIpc) is 2.93. The Labute approximate surface area is 247 Å². The summed E-state index contributed by atoms with van der Waals surface area (Å²) in [7, 11) is 0. The van der Waals surface area contributed by atoms with Gasteiger partial charge in [0.2, 0.25) is 5.91 Å². The number of ether oxygens (including phenoxy) is 2. The van der Waals surface area contributed by atoms with E-state index in [4.69, 9.17) is 9.47 Å². The fourth-order valence-electron chi connectivity index (χ4n) is 4.50. The summed E-state index contributed by atoms with van der Waals surface area (Å²) >= 11 is 0. The number of carbonyl (C=O) groups excluding carboxylic acids is 4. The van der Waals surface area contributed by atoms with Crippen LogP contribution >= 0.6 is 0 Å². The first-order valence-electron chi connectivity index (χ1n) is 14.3. The minimum Gasteiger partial charge on any atom is -0.455 e. The van der Waals surface area contributed by atoms with E-state index in [0.29, 0.717) is 25.1 Å². The zero-order valence-electron chi connectivity index (χ0n) is 25.5. The van der Waals surface area contributed by atoms with E-state index < -0.39 is 53.7 Å². The first-order chi connectivity index (χ1) is 19.7. The maximum atomic E-state index is 13.2. The number of rotatable bonds is 9. The van der Waals surface area contributed by atoms with Crippen LogP contribution in [-0.2, 0) is 23.9 Å². The van der Waals surface area contributed by atoms with Crippen LogP contribution in [0.2, 0.25) is 0 Å². The van der Waals surface area contributed by atoms with E-state index in [1.54, 1.807) is 54.5 Å². The molecule has 1 aromatic heterocycles. The van der Waals surface area contributed by atoms with E-state index in [1.165, 1.54) is 5.01 Å². The van der Waals surface area contributed by atoms with E-state index in [0.717, 1.165) is 16.5 Å². The van der Waals surface area contributed by atoms with Crippen molar-refractivity contribution in [3.63, 3.8) is 0 Å². The maximum absolute atomic E-state index is 13.2. The number of esters is 1. The molecule has 228 valence electrons. The highest BCUT2D eigenvalue weighted by Gasteiger charge is 2.34. The van der Waals surface area contributed by atoms with E-state index in [9.17, 15) is 19.2 Å². The predicted octanol–water partition coefficient (Wildman–Crippen LogP) is 4.03. The Kier molecular flexibility index (Phi) is 10.7. The number of benzene rings is 1. The lowest BCUT2D eigenvalue weighted by Crippen LogP contribution is -2.61. The van der Waals surface area contributed by atoms with Gasteiger partial charge in [0, 0.05) is 11.9 Å². The van der Waals surface area contributed by atoms with Crippen molar-refractivity contribution in [1.82, 2.24) is 26.1 Å². The lowest BCUT2D eigenvalue weighted by molar-refractivity contribution is -0.157. The van der Waals surface area contributed by atoms with Crippen molar-refractivity contribution < 1.29 is 28.7 Å². The molecule has 2 heterocycles. The zero-order chi connectivity index (χ0) is 31.2. The van der Waals surface area contributed by atoms with E-state index in [-0.39, 0.29) is 5.92 Å². The highest BCUT2D eigenvalue weighted by atomic mass is 16.6. The van der Waals surface area contributed by atoms with Crippen molar-refractivity contribution in [3.05, 3.63) is 48.2 Å². The third-order valence-electron chi connectivity index (χ3n) is 6.77. The Morgan fingerprint density at radius 3 is 2.43 bits per heavy atom. The molecule has 0 bridgehead atoms. The number of hydrogen-bond donors (Lipinski definition) is 3. The second-order valence-corrected chi connectivity index (χ2v) is 11.9. The molecule has 42 heavy (non-hydrogen) atoms. The van der Waals surface area contributed by atoms with Gasteiger partial charge in [-0.05, 0) is 71.1 Å². The largest absolute Gasteiger partial charge is 0.455 e. The van der Waals surface area contributed by atoms with Crippen molar-refractivity contribution >= 4 is 40.9 Å². The molecular weight excluding hydrogens is 538 g/mol. The first kappa shape index (κ1) is 32.5. The van der Waals surface area contributed by atoms with Gasteiger partial charge in [0.05, 0.1) is 11.2 Å². The number of hydrogen-bond acceptors (Lipinski definition) is 8. The fraction of sp³-hybridized carbons (Fsp3) is 0.516. The summed E-state index contributed by atoms with van der Waals surface area (Å²) in [5.41, 5.74) is 4.56. The standard InChI is InChI=1S/C31H43N5O6/c1-9-21-12-13-22-14-15-23(33-25(22)17-21)20(5)41-29(39)24-11-10-16-36(35-24)28(38)19(4)32-27(37)26(18(2)3)34-30(40)42-31(6,7)8/h9,12-15,17-20,24,26,35H,1,10-11,16H2,2-8H3,(H,32,37)(H,34,40)/t19-,20+,24-,26?/m0/s1. The molecule has 1 unspecified atom stereocenters. The summed E-state index contributed by atoms with van der Waals surface area (Å²) in [6, 6.07) is 7.03. The van der Waals surface area contributed by atoms with Crippen molar-refractivity contribution in [2.45, 2.75) is 91.1 Å². The van der Waals surface area contributed by atoms with Gasteiger partial charge >= 0.3 is 12.1 Å². The number of aromatic nitrogens is 1. The fourth-order valence-corrected chi connectivity index (χ4v) is 4.50. The summed E-state index contributed by atoms with van der Waals surface area (Å²) in [5.74, 6) is -1.68. The molecule has 3 amide bonds. The average molecular weight is 582 g/mol. The monoisotopic (exact) mass is 581 g/mol. The molecule has 0 saturated carbocycles. The summed E-state index contributed by atoms with van der Waals surface area (Å²) < 4.78 is 11.0. The Balaban J connectivity index is 1.58. The number of amides is 3. The molecule has 1 fully saturated rings. The molecule has 3 rings (SSSR count). The van der Waals surface area contributed by atoms with Gasteiger partial charge in [-0.2, -0.15) is 0 Å². The number of alkyl carbamates (subject to hydrolysis) is 1. The highest BCUT2D eigenvalue weighted by Crippen LogP contribution is 2.22. The minimum absolute atomic E-state index is 0.254. The van der Waals surface area contributed by atoms with Gasteiger partial charge in [-0.3, -0.25) is 19.4 Å². The Morgan fingerprint density at radius 2 is 1.79 bits per heavy atom. The van der Waals surface area contributed by atoms with Crippen LogP contribution in [-0.4, -0.2) is 64.1 Å². The van der Waals surface area contributed by atoms with Gasteiger partial charge in [-0.1, -0.05) is 44.7 Å². The number of carbonyl (C=O) groups is 4. The maximum Gasteiger partial charge on any atom is 0.408 e. The van der Waals surface area contributed by atoms with Crippen LogP contribution in [0.15, 0.2) is 36.9 Å². The second kappa shape index (κ2) is 13.8. The van der Waals surface area contributed by atoms with Crippen molar-refractivity contribution in [1.29, 1.82) is 0 Å². The van der Waals surface area contributed by atoms with Crippen LogP contribution in [0.5, 0.6) is 0 Å². The molecule has 11 nitrogen and oxygen atoms in total. The topological polar surface area (TPSA) is 139 Å². The molecular formula is C31H43N5O6. The van der Waals surface area contributed by atoms with Crippen molar-refractivity contribution in [2.24, 2.45) is 5.92 Å². The number of pyridine rings is 1. The van der Waals surface area contributed by atoms with Crippen LogP contribution in [0.1, 0.15) is 78.7 Å². The molecule has 3 N–H and O–H groups in total. The van der Waals surface area contributed by atoms with Crippen LogP contribution in [0.4, 0.5) is 4.79 Å². The third kappa shape index (κ3) is 8.75. The Bertz CT molecular complexity index is 1320. The molecule has 0 aliphatic carbocycles. The summed E-state index contributed by atoms with van der Waals surface area (Å²) in [4.78, 5) is 56.1. The molecule has 0 spiro atoms. The SMILES string of the molecule is C=Cc1ccc2ccc([C@@H](C)OC(=O)[C@@H]3CCCN(C(=O)[C@H](C)NC(=O)C(NC(=O)OC(C)(C)C)C(C)C)N3)nc2c1. The van der Waals surface area contributed by atoms with Gasteiger partial charge < -0.3 is 20.1 Å². The number of fused-ring (bicyclic) bond motifs is 1. The van der Waals surface area contributed by atoms with E-state index in [2.05, 4.69) is 27.6 Å². The third-order valence-corrected chi connectivity index (χ3v) is 6.77. The molecule has 0 radical (unpaired) electrons. The quantitative estimate of drug-likeness (QED) is 0.377.